The number of carbonyl (C=O) groups is 1. The van der Waals surface area contributed by atoms with Crippen molar-refractivity contribution in [3.63, 3.8) is 0 Å². The first-order chi connectivity index (χ1) is 7.98. The first kappa shape index (κ1) is 12.0. The number of halogens is 3. The summed E-state index contributed by atoms with van der Waals surface area (Å²) >= 11 is 0. The van der Waals surface area contributed by atoms with E-state index >= 15 is 0 Å². The van der Waals surface area contributed by atoms with Gasteiger partial charge in [-0.05, 0) is 12.0 Å². The summed E-state index contributed by atoms with van der Waals surface area (Å²) in [6.07, 6.45) is -4.48. The molecule has 1 atom stereocenters. The first-order valence-corrected chi connectivity index (χ1v) is 5.38. The van der Waals surface area contributed by atoms with Crippen LogP contribution in [0.15, 0.2) is 30.3 Å². The molecule has 0 unspecified atom stereocenters. The van der Waals surface area contributed by atoms with Gasteiger partial charge in [-0.25, -0.2) is 0 Å². The van der Waals surface area contributed by atoms with E-state index < -0.39 is 18.1 Å². The Morgan fingerprint density at radius 3 is 2.47 bits per heavy atom. The fourth-order valence-corrected chi connectivity index (χ4v) is 2.05. The molecule has 2 rings (SSSR count). The number of benzene rings is 1. The minimum absolute atomic E-state index is 0.0169. The van der Waals surface area contributed by atoms with Crippen LogP contribution in [0.3, 0.4) is 0 Å². The average Bonchev–Trinajstić information content (AvgIpc) is 2.62. The highest BCUT2D eigenvalue weighted by Gasteiger charge is 2.48. The van der Waals surface area contributed by atoms with E-state index in [4.69, 9.17) is 0 Å². The molecule has 5 heteroatoms. The molecule has 92 valence electrons. The zero-order valence-electron chi connectivity index (χ0n) is 9.07. The minimum atomic E-state index is -4.33. The molecule has 17 heavy (non-hydrogen) atoms. The van der Waals surface area contributed by atoms with Crippen LogP contribution in [0.4, 0.5) is 13.2 Å². The van der Waals surface area contributed by atoms with Gasteiger partial charge in [0.25, 0.3) is 0 Å². The molecule has 1 aliphatic rings. The molecule has 0 radical (unpaired) electrons. The van der Waals surface area contributed by atoms with Gasteiger partial charge in [-0.2, -0.15) is 13.2 Å². The fourth-order valence-electron chi connectivity index (χ4n) is 2.05. The maximum absolute atomic E-state index is 12.7. The molecule has 1 amide bonds. The summed E-state index contributed by atoms with van der Waals surface area (Å²) < 4.78 is 38.1. The monoisotopic (exact) mass is 243 g/mol. The third-order valence-corrected chi connectivity index (χ3v) is 2.90. The van der Waals surface area contributed by atoms with Crippen molar-refractivity contribution in [1.82, 2.24) is 4.90 Å². The number of hydrogen-bond acceptors (Lipinski definition) is 1. The van der Waals surface area contributed by atoms with Crippen molar-refractivity contribution in [2.75, 3.05) is 0 Å². The van der Waals surface area contributed by atoms with Gasteiger partial charge in [-0.1, -0.05) is 30.3 Å². The molecular formula is C12H12F3NO. The summed E-state index contributed by atoms with van der Waals surface area (Å²) in [7, 11) is 0. The van der Waals surface area contributed by atoms with Gasteiger partial charge >= 0.3 is 6.18 Å². The van der Waals surface area contributed by atoms with Crippen LogP contribution < -0.4 is 0 Å². The molecule has 1 fully saturated rings. The Balaban J connectivity index is 2.15. The molecule has 0 N–H and O–H groups in total. The molecule has 1 saturated heterocycles. The molecule has 1 heterocycles. The maximum atomic E-state index is 12.7. The second-order valence-corrected chi connectivity index (χ2v) is 4.10. The van der Waals surface area contributed by atoms with Crippen molar-refractivity contribution in [2.45, 2.75) is 31.6 Å². The fraction of sp³-hybridized carbons (Fsp3) is 0.417. The van der Waals surface area contributed by atoms with Crippen LogP contribution in [0, 0.1) is 0 Å². The molecule has 0 saturated carbocycles. The van der Waals surface area contributed by atoms with Crippen LogP contribution in [0.1, 0.15) is 18.4 Å². The van der Waals surface area contributed by atoms with Crippen LogP contribution in [-0.4, -0.2) is 23.0 Å². The summed E-state index contributed by atoms with van der Waals surface area (Å²) in [5, 5.41) is 0. The van der Waals surface area contributed by atoms with Gasteiger partial charge in [0, 0.05) is 13.0 Å². The number of alkyl halides is 3. The van der Waals surface area contributed by atoms with Crippen molar-refractivity contribution in [2.24, 2.45) is 0 Å². The lowest BCUT2D eigenvalue weighted by molar-refractivity contribution is -0.181. The second kappa shape index (κ2) is 4.39. The zero-order valence-corrected chi connectivity index (χ0v) is 9.07. The quantitative estimate of drug-likeness (QED) is 0.782. The summed E-state index contributed by atoms with van der Waals surface area (Å²) in [6, 6.07) is 7.10. The van der Waals surface area contributed by atoms with Gasteiger partial charge in [0.2, 0.25) is 5.91 Å². The minimum Gasteiger partial charge on any atom is -0.326 e. The topological polar surface area (TPSA) is 20.3 Å². The van der Waals surface area contributed by atoms with Crippen LogP contribution in [0.25, 0.3) is 0 Å². The highest BCUT2D eigenvalue weighted by Crippen LogP contribution is 2.34. The predicted molar refractivity (Wildman–Crippen MR) is 56.1 cm³/mol. The Hall–Kier alpha value is -1.52. The number of rotatable bonds is 2. The molecule has 1 aliphatic heterocycles. The number of nitrogens with zero attached hydrogens (tertiary/aromatic N) is 1. The first-order valence-electron chi connectivity index (χ1n) is 5.38. The highest BCUT2D eigenvalue weighted by molar-refractivity contribution is 5.78. The standard InChI is InChI=1S/C12H12F3NO/c13-12(14,15)10-6-7-11(17)16(10)8-9-4-2-1-3-5-9/h1-5,10H,6-8H2/t10-/m0/s1. The molecule has 1 aromatic rings. The van der Waals surface area contributed by atoms with Crippen molar-refractivity contribution in [3.8, 4) is 0 Å². The van der Waals surface area contributed by atoms with E-state index in [1.54, 1.807) is 30.3 Å². The van der Waals surface area contributed by atoms with Gasteiger partial charge in [0.15, 0.2) is 0 Å². The van der Waals surface area contributed by atoms with Crippen LogP contribution in [-0.2, 0) is 11.3 Å². The van der Waals surface area contributed by atoms with Gasteiger partial charge in [0.1, 0.15) is 6.04 Å². The molecule has 0 aromatic heterocycles. The number of carbonyl (C=O) groups excluding carboxylic acids is 1. The lowest BCUT2D eigenvalue weighted by Crippen LogP contribution is -2.42. The third-order valence-electron chi connectivity index (χ3n) is 2.90. The molecular weight excluding hydrogens is 231 g/mol. The Morgan fingerprint density at radius 2 is 1.88 bits per heavy atom. The number of hydrogen-bond donors (Lipinski definition) is 0. The zero-order chi connectivity index (χ0) is 12.5. The molecule has 0 bridgehead atoms. The SMILES string of the molecule is O=C1CC[C@@H](C(F)(F)F)N1Cc1ccccc1. The van der Waals surface area contributed by atoms with Crippen molar-refractivity contribution < 1.29 is 18.0 Å². The van der Waals surface area contributed by atoms with E-state index in [-0.39, 0.29) is 19.4 Å². The maximum Gasteiger partial charge on any atom is 0.408 e. The van der Waals surface area contributed by atoms with Crippen LogP contribution >= 0.6 is 0 Å². The second-order valence-electron chi connectivity index (χ2n) is 4.10. The Bertz CT molecular complexity index is 402. The van der Waals surface area contributed by atoms with E-state index in [0.717, 1.165) is 10.5 Å². The lowest BCUT2D eigenvalue weighted by atomic mass is 10.2. The summed E-state index contributed by atoms with van der Waals surface area (Å²) in [6.45, 7) is 0.0316. The van der Waals surface area contributed by atoms with E-state index in [2.05, 4.69) is 0 Å². The molecule has 0 spiro atoms. The van der Waals surface area contributed by atoms with Gasteiger partial charge < -0.3 is 4.90 Å². The van der Waals surface area contributed by atoms with Gasteiger partial charge in [0.05, 0.1) is 0 Å². The van der Waals surface area contributed by atoms with E-state index in [1.165, 1.54) is 0 Å². The number of likely N-dealkylation sites (tertiary alicyclic amines) is 1. The van der Waals surface area contributed by atoms with E-state index in [1.807, 2.05) is 0 Å². The molecule has 2 nitrogen and oxygen atoms in total. The van der Waals surface area contributed by atoms with E-state index in [0.29, 0.717) is 0 Å². The highest BCUT2D eigenvalue weighted by atomic mass is 19.4. The Morgan fingerprint density at radius 1 is 1.24 bits per heavy atom. The Kier molecular flexibility index (Phi) is 3.09. The van der Waals surface area contributed by atoms with Gasteiger partial charge in [-0.15, -0.1) is 0 Å². The van der Waals surface area contributed by atoms with Crippen LogP contribution in [0.5, 0.6) is 0 Å². The van der Waals surface area contributed by atoms with E-state index in [9.17, 15) is 18.0 Å². The predicted octanol–water partition coefficient (Wildman–Crippen LogP) is 2.74. The number of amides is 1. The van der Waals surface area contributed by atoms with Gasteiger partial charge in [-0.3, -0.25) is 4.79 Å². The molecule has 0 aliphatic carbocycles. The Labute approximate surface area is 97.0 Å². The average molecular weight is 243 g/mol. The van der Waals surface area contributed by atoms with Crippen molar-refractivity contribution in [3.05, 3.63) is 35.9 Å². The van der Waals surface area contributed by atoms with Crippen molar-refractivity contribution >= 4 is 5.91 Å². The summed E-state index contributed by atoms with van der Waals surface area (Å²) in [5.74, 6) is -0.420. The smallest absolute Gasteiger partial charge is 0.326 e. The van der Waals surface area contributed by atoms with Crippen LogP contribution in [0.2, 0.25) is 0 Å². The third kappa shape index (κ3) is 2.60. The molecule has 1 aromatic carbocycles. The largest absolute Gasteiger partial charge is 0.408 e. The van der Waals surface area contributed by atoms with Crippen molar-refractivity contribution in [1.29, 1.82) is 0 Å². The summed E-state index contributed by atoms with van der Waals surface area (Å²) in [4.78, 5) is 12.4. The summed E-state index contributed by atoms with van der Waals surface area (Å²) in [5.41, 5.74) is 0.719. The lowest BCUT2D eigenvalue weighted by Gasteiger charge is -2.26. The normalized spacial score (nSPS) is 21.0.